The summed E-state index contributed by atoms with van der Waals surface area (Å²) in [6.07, 6.45) is 6.15. The van der Waals surface area contributed by atoms with Gasteiger partial charge in [0.1, 0.15) is 16.2 Å². The predicted octanol–water partition coefficient (Wildman–Crippen LogP) is 5.88. The van der Waals surface area contributed by atoms with E-state index in [0.717, 1.165) is 33.0 Å². The van der Waals surface area contributed by atoms with Crippen LogP contribution in [0.15, 0.2) is 64.8 Å². The number of hydrogen-bond donors (Lipinski definition) is 1. The summed E-state index contributed by atoms with van der Waals surface area (Å²) >= 11 is 3.27. The second-order valence-corrected chi connectivity index (χ2v) is 9.54. The topological polar surface area (TPSA) is 98.0 Å². The highest BCUT2D eigenvalue weighted by Crippen LogP contribution is 2.42. The molecule has 0 fully saturated rings. The second-order valence-electron chi connectivity index (χ2n) is 7.43. The number of nitro groups is 1. The average molecular weight is 463 g/mol. The van der Waals surface area contributed by atoms with Crippen molar-refractivity contribution in [3.8, 4) is 0 Å². The lowest BCUT2D eigenvalue weighted by atomic mass is 9.97. The van der Waals surface area contributed by atoms with Crippen LogP contribution in [0.1, 0.15) is 33.6 Å². The lowest BCUT2D eigenvalue weighted by molar-refractivity contribution is -0.384. The van der Waals surface area contributed by atoms with Gasteiger partial charge in [-0.25, -0.2) is 9.97 Å². The molecule has 0 bridgehead atoms. The van der Waals surface area contributed by atoms with E-state index < -0.39 is 4.92 Å². The van der Waals surface area contributed by atoms with Crippen molar-refractivity contribution in [2.24, 2.45) is 0 Å². The Labute approximate surface area is 192 Å². The number of anilines is 1. The zero-order valence-electron chi connectivity index (χ0n) is 16.9. The van der Waals surface area contributed by atoms with Gasteiger partial charge in [-0.05, 0) is 55.5 Å². The highest BCUT2D eigenvalue weighted by Gasteiger charge is 2.21. The monoisotopic (exact) mass is 462 g/mol. The predicted molar refractivity (Wildman–Crippen MR) is 126 cm³/mol. The van der Waals surface area contributed by atoms with Gasteiger partial charge >= 0.3 is 0 Å². The van der Waals surface area contributed by atoms with Crippen molar-refractivity contribution >= 4 is 50.6 Å². The molecule has 2 aromatic heterocycles. The van der Waals surface area contributed by atoms with E-state index in [1.807, 2.05) is 24.3 Å². The van der Waals surface area contributed by atoms with E-state index in [-0.39, 0.29) is 11.6 Å². The number of non-ortho nitro benzene ring substituents is 1. The van der Waals surface area contributed by atoms with Crippen LogP contribution in [-0.4, -0.2) is 20.8 Å². The number of aryl methyl sites for hydroxylation is 2. The molecule has 0 saturated heterocycles. The maximum Gasteiger partial charge on any atom is 0.269 e. The summed E-state index contributed by atoms with van der Waals surface area (Å²) in [4.78, 5) is 35.5. The molecule has 0 atom stereocenters. The van der Waals surface area contributed by atoms with Gasteiger partial charge in [0.25, 0.3) is 11.6 Å². The number of aromatic nitrogens is 2. The molecule has 0 aliphatic heterocycles. The summed E-state index contributed by atoms with van der Waals surface area (Å²) in [5.74, 6) is -0.325. The SMILES string of the molecule is O=C(Nc1ccccc1Sc1ncnc2sc3c(c12)CCCC3)c1ccc([N+](=O)[O-])cc1. The zero-order chi connectivity index (χ0) is 22.1. The summed E-state index contributed by atoms with van der Waals surface area (Å²) in [6.45, 7) is 0. The Hall–Kier alpha value is -3.30. The van der Waals surface area contributed by atoms with E-state index in [1.54, 1.807) is 17.7 Å². The molecule has 0 unspecified atom stereocenters. The van der Waals surface area contributed by atoms with Crippen molar-refractivity contribution in [2.45, 2.75) is 35.6 Å². The van der Waals surface area contributed by atoms with Gasteiger partial charge in [0.05, 0.1) is 10.6 Å². The summed E-state index contributed by atoms with van der Waals surface area (Å²) in [5, 5.41) is 15.8. The zero-order valence-corrected chi connectivity index (χ0v) is 18.5. The Morgan fingerprint density at radius 2 is 1.84 bits per heavy atom. The number of para-hydroxylation sites is 1. The number of carbonyl (C=O) groups is 1. The summed E-state index contributed by atoms with van der Waals surface area (Å²) in [7, 11) is 0. The van der Waals surface area contributed by atoms with E-state index in [0.29, 0.717) is 11.3 Å². The average Bonchev–Trinajstić information content (AvgIpc) is 3.20. The van der Waals surface area contributed by atoms with Crippen molar-refractivity contribution in [1.82, 2.24) is 9.97 Å². The molecule has 1 aliphatic carbocycles. The maximum absolute atomic E-state index is 12.7. The molecule has 2 heterocycles. The molecule has 4 aromatic rings. The normalized spacial score (nSPS) is 13.0. The van der Waals surface area contributed by atoms with Crippen LogP contribution in [-0.2, 0) is 12.8 Å². The molecule has 32 heavy (non-hydrogen) atoms. The number of rotatable bonds is 5. The fourth-order valence-electron chi connectivity index (χ4n) is 3.83. The highest BCUT2D eigenvalue weighted by atomic mass is 32.2. The second kappa shape index (κ2) is 8.68. The molecule has 1 N–H and O–H groups in total. The molecule has 0 radical (unpaired) electrons. The van der Waals surface area contributed by atoms with E-state index in [9.17, 15) is 14.9 Å². The van der Waals surface area contributed by atoms with Crippen LogP contribution in [0, 0.1) is 10.1 Å². The van der Waals surface area contributed by atoms with Crippen LogP contribution >= 0.6 is 23.1 Å². The molecule has 0 spiro atoms. The first-order valence-corrected chi connectivity index (χ1v) is 11.8. The molecule has 5 rings (SSSR count). The van der Waals surface area contributed by atoms with Gasteiger partial charge in [-0.1, -0.05) is 23.9 Å². The Bertz CT molecular complexity index is 1340. The van der Waals surface area contributed by atoms with Crippen molar-refractivity contribution in [3.05, 3.63) is 81.0 Å². The van der Waals surface area contributed by atoms with E-state index in [2.05, 4.69) is 15.3 Å². The van der Waals surface area contributed by atoms with Gasteiger partial charge in [-0.2, -0.15) is 0 Å². The first-order chi connectivity index (χ1) is 15.6. The number of carbonyl (C=O) groups excluding carboxylic acids is 1. The number of nitrogens with zero attached hydrogens (tertiary/aromatic N) is 3. The third kappa shape index (κ3) is 3.96. The van der Waals surface area contributed by atoms with E-state index in [1.165, 1.54) is 59.3 Å². The largest absolute Gasteiger partial charge is 0.321 e. The number of hydrogen-bond acceptors (Lipinski definition) is 7. The van der Waals surface area contributed by atoms with Crippen molar-refractivity contribution in [2.75, 3.05) is 5.32 Å². The highest BCUT2D eigenvalue weighted by molar-refractivity contribution is 7.99. The van der Waals surface area contributed by atoms with Crippen LogP contribution in [0.25, 0.3) is 10.2 Å². The van der Waals surface area contributed by atoms with Crippen LogP contribution in [0.5, 0.6) is 0 Å². The fraction of sp³-hybridized carbons (Fsp3) is 0.174. The van der Waals surface area contributed by atoms with Gasteiger partial charge in [-0.15, -0.1) is 11.3 Å². The minimum atomic E-state index is -0.487. The van der Waals surface area contributed by atoms with Gasteiger partial charge in [0.15, 0.2) is 0 Å². The van der Waals surface area contributed by atoms with Crippen LogP contribution in [0.4, 0.5) is 11.4 Å². The quantitative estimate of drug-likeness (QED) is 0.226. The van der Waals surface area contributed by atoms with E-state index in [4.69, 9.17) is 0 Å². The lowest BCUT2D eigenvalue weighted by Crippen LogP contribution is -2.12. The maximum atomic E-state index is 12.7. The van der Waals surface area contributed by atoms with Crippen LogP contribution in [0.2, 0.25) is 0 Å². The molecule has 1 aliphatic rings. The third-order valence-electron chi connectivity index (χ3n) is 5.40. The van der Waals surface area contributed by atoms with Crippen molar-refractivity contribution in [1.29, 1.82) is 0 Å². The molecule has 1 amide bonds. The first-order valence-electron chi connectivity index (χ1n) is 10.2. The number of benzene rings is 2. The van der Waals surface area contributed by atoms with Gasteiger partial charge < -0.3 is 5.32 Å². The molecule has 9 heteroatoms. The van der Waals surface area contributed by atoms with Gasteiger partial charge in [-0.3, -0.25) is 14.9 Å². The Kier molecular flexibility index (Phi) is 5.59. The van der Waals surface area contributed by atoms with Crippen LogP contribution in [0.3, 0.4) is 0 Å². The van der Waals surface area contributed by atoms with E-state index >= 15 is 0 Å². The van der Waals surface area contributed by atoms with Crippen molar-refractivity contribution < 1.29 is 9.72 Å². The molecular weight excluding hydrogens is 444 g/mol. The number of nitro benzene ring substituents is 1. The summed E-state index contributed by atoms with van der Waals surface area (Å²) < 4.78 is 0. The molecule has 160 valence electrons. The minimum Gasteiger partial charge on any atom is -0.321 e. The molecular formula is C23H18N4O3S2. The summed E-state index contributed by atoms with van der Waals surface area (Å²) in [5.41, 5.74) is 2.33. The summed E-state index contributed by atoms with van der Waals surface area (Å²) in [6, 6.07) is 13.1. The number of thiophene rings is 1. The Morgan fingerprint density at radius 3 is 2.66 bits per heavy atom. The van der Waals surface area contributed by atoms with Gasteiger partial charge in [0.2, 0.25) is 0 Å². The first kappa shape index (κ1) is 20.6. The fourth-order valence-corrected chi connectivity index (χ4v) is 6.13. The Morgan fingerprint density at radius 1 is 1.06 bits per heavy atom. The Balaban J connectivity index is 1.44. The molecule has 2 aromatic carbocycles. The van der Waals surface area contributed by atoms with Crippen LogP contribution < -0.4 is 5.32 Å². The van der Waals surface area contributed by atoms with Crippen molar-refractivity contribution in [3.63, 3.8) is 0 Å². The number of amides is 1. The number of fused-ring (bicyclic) bond motifs is 3. The number of nitrogens with one attached hydrogen (secondary N) is 1. The lowest BCUT2D eigenvalue weighted by Gasteiger charge is -2.13. The van der Waals surface area contributed by atoms with Gasteiger partial charge in [0, 0.05) is 32.9 Å². The molecule has 7 nitrogen and oxygen atoms in total. The smallest absolute Gasteiger partial charge is 0.269 e. The third-order valence-corrected chi connectivity index (χ3v) is 7.68. The minimum absolute atomic E-state index is 0.0515. The standard InChI is InChI=1S/C23H18N4O3S2/c28-21(14-9-11-15(12-10-14)27(29)30)26-17-6-2-4-8-19(17)32-23-20-16-5-1-3-7-18(16)31-22(20)24-13-25-23/h2,4,6,8-13H,1,3,5,7H2,(H,26,28). The molecule has 0 saturated carbocycles.